The van der Waals surface area contributed by atoms with E-state index in [1.54, 1.807) is 0 Å². The number of nitrogens with zero attached hydrogens (tertiary/aromatic N) is 3. The highest BCUT2D eigenvalue weighted by atomic mass is 15.3. The SMILES string of the molecule is CNCc1ccc(N2CC(C)N(C)C(C)C2)nc1C. The van der Waals surface area contributed by atoms with Gasteiger partial charge in [-0.1, -0.05) is 6.07 Å². The summed E-state index contributed by atoms with van der Waals surface area (Å²) in [5.74, 6) is 1.11. The van der Waals surface area contributed by atoms with E-state index >= 15 is 0 Å². The maximum absolute atomic E-state index is 4.78. The average Bonchev–Trinajstić information content (AvgIpc) is 2.38. The van der Waals surface area contributed by atoms with E-state index in [4.69, 9.17) is 4.98 Å². The van der Waals surface area contributed by atoms with Gasteiger partial charge in [-0.2, -0.15) is 0 Å². The summed E-state index contributed by atoms with van der Waals surface area (Å²) in [6.45, 7) is 9.65. The molecule has 106 valence electrons. The molecule has 0 bridgehead atoms. The van der Waals surface area contributed by atoms with Crippen molar-refractivity contribution in [1.82, 2.24) is 15.2 Å². The maximum atomic E-state index is 4.78. The zero-order chi connectivity index (χ0) is 14.0. The Morgan fingerprint density at radius 3 is 2.42 bits per heavy atom. The number of hydrogen-bond acceptors (Lipinski definition) is 4. The summed E-state index contributed by atoms with van der Waals surface area (Å²) in [6, 6.07) is 5.50. The summed E-state index contributed by atoms with van der Waals surface area (Å²) in [6.07, 6.45) is 0. The minimum atomic E-state index is 0.572. The fourth-order valence-corrected chi connectivity index (χ4v) is 2.72. The number of pyridine rings is 1. The van der Waals surface area contributed by atoms with Crippen LogP contribution in [0, 0.1) is 6.92 Å². The van der Waals surface area contributed by atoms with Crippen LogP contribution in [0.3, 0.4) is 0 Å². The molecular formula is C15H26N4. The van der Waals surface area contributed by atoms with E-state index in [1.807, 2.05) is 7.05 Å². The second-order valence-corrected chi connectivity index (χ2v) is 5.71. The van der Waals surface area contributed by atoms with Crippen LogP contribution in [0.25, 0.3) is 0 Å². The largest absolute Gasteiger partial charge is 0.353 e. The van der Waals surface area contributed by atoms with Gasteiger partial charge in [-0.3, -0.25) is 4.90 Å². The highest BCUT2D eigenvalue weighted by Crippen LogP contribution is 2.21. The zero-order valence-corrected chi connectivity index (χ0v) is 12.8. The lowest BCUT2D eigenvalue weighted by atomic mass is 10.1. The molecule has 1 fully saturated rings. The Hall–Kier alpha value is -1.13. The topological polar surface area (TPSA) is 31.4 Å². The number of hydrogen-bond donors (Lipinski definition) is 1. The third-order valence-corrected chi connectivity index (χ3v) is 4.23. The Labute approximate surface area is 116 Å². The number of likely N-dealkylation sites (N-methyl/N-ethyl adjacent to an activating group) is 1. The average molecular weight is 262 g/mol. The van der Waals surface area contributed by atoms with Crippen molar-refractivity contribution in [3.63, 3.8) is 0 Å². The summed E-state index contributed by atoms with van der Waals surface area (Å²) in [5.41, 5.74) is 2.41. The molecule has 1 saturated heterocycles. The predicted molar refractivity (Wildman–Crippen MR) is 80.6 cm³/mol. The smallest absolute Gasteiger partial charge is 0.128 e. The number of aromatic nitrogens is 1. The predicted octanol–water partition coefficient (Wildman–Crippen LogP) is 1.64. The van der Waals surface area contributed by atoms with E-state index < -0.39 is 0 Å². The van der Waals surface area contributed by atoms with Crippen molar-refractivity contribution in [2.24, 2.45) is 0 Å². The summed E-state index contributed by atoms with van der Waals surface area (Å²) in [7, 11) is 4.18. The molecule has 19 heavy (non-hydrogen) atoms. The first kappa shape index (κ1) is 14.3. The number of aryl methyl sites for hydroxylation is 1. The van der Waals surface area contributed by atoms with Gasteiger partial charge in [0.2, 0.25) is 0 Å². The molecule has 2 atom stereocenters. The van der Waals surface area contributed by atoms with Crippen LogP contribution in [0.5, 0.6) is 0 Å². The Kier molecular flexibility index (Phi) is 4.42. The van der Waals surface area contributed by atoms with Crippen LogP contribution in [-0.2, 0) is 6.54 Å². The van der Waals surface area contributed by atoms with Crippen LogP contribution in [0.4, 0.5) is 5.82 Å². The molecule has 0 saturated carbocycles. The van der Waals surface area contributed by atoms with Crippen molar-refractivity contribution in [1.29, 1.82) is 0 Å². The molecule has 1 aliphatic heterocycles. The normalized spacial score (nSPS) is 24.8. The number of anilines is 1. The second-order valence-electron chi connectivity index (χ2n) is 5.71. The third-order valence-electron chi connectivity index (χ3n) is 4.23. The van der Waals surface area contributed by atoms with Gasteiger partial charge in [0.25, 0.3) is 0 Å². The molecular weight excluding hydrogens is 236 g/mol. The van der Waals surface area contributed by atoms with Gasteiger partial charge < -0.3 is 10.2 Å². The highest BCUT2D eigenvalue weighted by molar-refractivity contribution is 5.42. The van der Waals surface area contributed by atoms with Gasteiger partial charge >= 0.3 is 0 Å². The van der Waals surface area contributed by atoms with E-state index in [1.165, 1.54) is 5.56 Å². The molecule has 0 aliphatic carbocycles. The van der Waals surface area contributed by atoms with Crippen molar-refractivity contribution in [2.75, 3.05) is 32.1 Å². The van der Waals surface area contributed by atoms with Gasteiger partial charge in [-0.05, 0) is 46.5 Å². The van der Waals surface area contributed by atoms with Crippen LogP contribution in [0.2, 0.25) is 0 Å². The minimum Gasteiger partial charge on any atom is -0.353 e. The lowest BCUT2D eigenvalue weighted by molar-refractivity contribution is 0.169. The molecule has 0 spiro atoms. The van der Waals surface area contributed by atoms with Crippen molar-refractivity contribution >= 4 is 5.82 Å². The fraction of sp³-hybridized carbons (Fsp3) is 0.667. The molecule has 1 aromatic rings. The summed E-state index contributed by atoms with van der Waals surface area (Å²) in [5, 5.41) is 3.18. The van der Waals surface area contributed by atoms with Crippen molar-refractivity contribution in [2.45, 2.75) is 39.4 Å². The highest BCUT2D eigenvalue weighted by Gasteiger charge is 2.27. The van der Waals surface area contributed by atoms with E-state index in [0.29, 0.717) is 12.1 Å². The standard InChI is InChI=1S/C15H26N4/c1-11-9-19(10-12(2)18(11)5)15-7-6-14(8-16-4)13(3)17-15/h6-7,11-12,16H,8-10H2,1-5H3. The molecule has 0 amide bonds. The monoisotopic (exact) mass is 262 g/mol. The van der Waals surface area contributed by atoms with Crippen molar-refractivity contribution in [3.05, 3.63) is 23.4 Å². The summed E-state index contributed by atoms with van der Waals surface area (Å²) in [4.78, 5) is 9.63. The lowest BCUT2D eigenvalue weighted by Gasteiger charge is -2.43. The molecule has 0 aromatic carbocycles. The first-order chi connectivity index (χ1) is 9.02. The van der Waals surface area contributed by atoms with Gasteiger partial charge in [-0.15, -0.1) is 0 Å². The quantitative estimate of drug-likeness (QED) is 0.897. The number of piperazine rings is 1. The second kappa shape index (κ2) is 5.88. The van der Waals surface area contributed by atoms with E-state index in [2.05, 4.69) is 55.1 Å². The minimum absolute atomic E-state index is 0.572. The molecule has 4 nitrogen and oxygen atoms in total. The maximum Gasteiger partial charge on any atom is 0.128 e. The first-order valence-electron chi connectivity index (χ1n) is 7.11. The van der Waals surface area contributed by atoms with E-state index in [-0.39, 0.29) is 0 Å². The summed E-state index contributed by atoms with van der Waals surface area (Å²) >= 11 is 0. The van der Waals surface area contributed by atoms with Crippen LogP contribution in [-0.4, -0.2) is 49.2 Å². The summed E-state index contributed by atoms with van der Waals surface area (Å²) < 4.78 is 0. The van der Waals surface area contributed by atoms with Crippen molar-refractivity contribution in [3.8, 4) is 0 Å². The Morgan fingerprint density at radius 1 is 1.26 bits per heavy atom. The van der Waals surface area contributed by atoms with Gasteiger partial charge in [0, 0.05) is 37.4 Å². The van der Waals surface area contributed by atoms with Crippen molar-refractivity contribution < 1.29 is 0 Å². The lowest BCUT2D eigenvalue weighted by Crippen LogP contribution is -2.55. The van der Waals surface area contributed by atoms with Gasteiger partial charge in [0.1, 0.15) is 5.82 Å². The zero-order valence-electron chi connectivity index (χ0n) is 12.8. The van der Waals surface area contributed by atoms with Crippen LogP contribution < -0.4 is 10.2 Å². The van der Waals surface area contributed by atoms with Gasteiger partial charge in [0.05, 0.1) is 0 Å². The van der Waals surface area contributed by atoms with Crippen LogP contribution >= 0.6 is 0 Å². The van der Waals surface area contributed by atoms with E-state index in [0.717, 1.165) is 31.1 Å². The number of nitrogens with one attached hydrogen (secondary N) is 1. The molecule has 2 rings (SSSR count). The molecule has 0 radical (unpaired) electrons. The van der Waals surface area contributed by atoms with Crippen LogP contribution in [0.15, 0.2) is 12.1 Å². The molecule has 2 unspecified atom stereocenters. The Morgan fingerprint density at radius 2 is 1.89 bits per heavy atom. The van der Waals surface area contributed by atoms with Gasteiger partial charge in [-0.25, -0.2) is 4.98 Å². The molecule has 1 aromatic heterocycles. The molecule has 1 aliphatic rings. The van der Waals surface area contributed by atoms with Gasteiger partial charge in [0.15, 0.2) is 0 Å². The Balaban J connectivity index is 2.16. The first-order valence-corrected chi connectivity index (χ1v) is 7.11. The third kappa shape index (κ3) is 3.07. The number of rotatable bonds is 3. The molecule has 4 heteroatoms. The van der Waals surface area contributed by atoms with Crippen LogP contribution in [0.1, 0.15) is 25.1 Å². The fourth-order valence-electron chi connectivity index (χ4n) is 2.72. The van der Waals surface area contributed by atoms with E-state index in [9.17, 15) is 0 Å². The molecule has 2 heterocycles. The Bertz CT molecular complexity index is 420. The molecule has 1 N–H and O–H groups in total.